The highest BCUT2D eigenvalue weighted by molar-refractivity contribution is 7.89. The van der Waals surface area contributed by atoms with Crippen LogP contribution in [0, 0.1) is 28.6 Å². The molecule has 2 saturated carbocycles. The van der Waals surface area contributed by atoms with Gasteiger partial charge in [0.25, 0.3) is 15.9 Å². The summed E-state index contributed by atoms with van der Waals surface area (Å²) in [7, 11) is -4.20. The third kappa shape index (κ3) is 11.0. The fourth-order valence-corrected chi connectivity index (χ4v) is 9.10. The Hall–Kier alpha value is -3.65. The van der Waals surface area contributed by atoms with Crippen LogP contribution in [0.25, 0.3) is 0 Å². The number of aromatic nitrogens is 1. The summed E-state index contributed by atoms with van der Waals surface area (Å²) in [4.78, 5) is 74.9. The van der Waals surface area contributed by atoms with Crippen molar-refractivity contribution in [1.29, 1.82) is 0 Å². The van der Waals surface area contributed by atoms with Crippen molar-refractivity contribution in [3.8, 4) is 0 Å². The second-order valence-corrected chi connectivity index (χ2v) is 18.7. The molecule has 0 spiro atoms. The van der Waals surface area contributed by atoms with E-state index < -0.39 is 74.4 Å². The lowest BCUT2D eigenvalue weighted by molar-refractivity contribution is -0.146. The number of Topliss-reactive ketones (excluding diaryl/α,β-unsaturated/α-hetero) is 1. The van der Waals surface area contributed by atoms with Crippen LogP contribution in [0.5, 0.6) is 0 Å². The standard InChI is InChI=1S/C39H60N6O7S/c1-8-20-41-35(48)31(46)28(24-26-15-16-26)42-34(47)30-27(23-25(2)3)17-22-45(30)37(50)33(38(4,5)6)43-36(49)32(39(7)18-11-9-12-19-39)44-53(51,52)29-14-10-13-21-40-29/h8,10,13-14,21,25-28,30,32-33,44H,1,9,11-12,15-20,22-24H2,2-7H3,(H,41,48)(H,42,47)(H,43,49)/t27-,28?,30?,32-,33-/m1/s1. The molecule has 3 fully saturated rings. The molecule has 14 heteroatoms. The van der Waals surface area contributed by atoms with Crippen molar-refractivity contribution in [2.75, 3.05) is 13.1 Å². The molecule has 4 N–H and O–H groups in total. The van der Waals surface area contributed by atoms with Gasteiger partial charge in [0.1, 0.15) is 18.1 Å². The Morgan fingerprint density at radius 3 is 2.26 bits per heavy atom. The first-order valence-electron chi connectivity index (χ1n) is 19.2. The first-order valence-corrected chi connectivity index (χ1v) is 20.6. The first kappa shape index (κ1) is 42.1. The third-order valence-electron chi connectivity index (χ3n) is 10.9. The van der Waals surface area contributed by atoms with Crippen LogP contribution in [-0.4, -0.2) is 85.0 Å². The van der Waals surface area contributed by atoms with Gasteiger partial charge in [0.05, 0.1) is 6.04 Å². The molecule has 4 amide bonds. The molecule has 4 rings (SSSR count). The summed E-state index contributed by atoms with van der Waals surface area (Å²) in [6.07, 6.45) is 10.0. The van der Waals surface area contributed by atoms with E-state index in [2.05, 4.69) is 32.2 Å². The number of carbonyl (C=O) groups is 5. The minimum Gasteiger partial charge on any atom is -0.346 e. The van der Waals surface area contributed by atoms with E-state index in [1.807, 2.05) is 41.5 Å². The average molecular weight is 757 g/mol. The summed E-state index contributed by atoms with van der Waals surface area (Å²) in [5, 5.41) is 8.11. The predicted molar refractivity (Wildman–Crippen MR) is 201 cm³/mol. The molecule has 2 unspecified atom stereocenters. The van der Waals surface area contributed by atoms with Crippen LogP contribution < -0.4 is 20.7 Å². The van der Waals surface area contributed by atoms with Crippen LogP contribution in [0.2, 0.25) is 0 Å². The highest BCUT2D eigenvalue weighted by atomic mass is 32.2. The Balaban J connectivity index is 1.63. The number of ketones is 1. The topological polar surface area (TPSA) is 184 Å². The largest absolute Gasteiger partial charge is 0.346 e. The van der Waals surface area contributed by atoms with E-state index in [9.17, 15) is 32.4 Å². The van der Waals surface area contributed by atoms with Gasteiger partial charge in [0.2, 0.25) is 23.5 Å². The van der Waals surface area contributed by atoms with E-state index in [-0.39, 0.29) is 35.9 Å². The molecule has 1 aromatic rings. The van der Waals surface area contributed by atoms with Crippen molar-refractivity contribution in [3.63, 3.8) is 0 Å². The van der Waals surface area contributed by atoms with Gasteiger partial charge in [-0.15, -0.1) is 6.58 Å². The zero-order chi connectivity index (χ0) is 39.1. The Labute approximate surface area is 315 Å². The van der Waals surface area contributed by atoms with Crippen LogP contribution in [0.15, 0.2) is 42.1 Å². The number of rotatable bonds is 17. The number of hydrogen-bond acceptors (Lipinski definition) is 8. The van der Waals surface area contributed by atoms with Gasteiger partial charge in [0, 0.05) is 19.3 Å². The quantitative estimate of drug-likeness (QED) is 0.137. The van der Waals surface area contributed by atoms with E-state index in [4.69, 9.17) is 0 Å². The Morgan fingerprint density at radius 1 is 1.02 bits per heavy atom. The van der Waals surface area contributed by atoms with E-state index in [0.717, 1.165) is 32.1 Å². The van der Waals surface area contributed by atoms with Gasteiger partial charge in [0.15, 0.2) is 5.03 Å². The lowest BCUT2D eigenvalue weighted by atomic mass is 9.70. The fraction of sp³-hybridized carbons (Fsp3) is 0.692. The van der Waals surface area contributed by atoms with Gasteiger partial charge in [-0.05, 0) is 72.8 Å². The lowest BCUT2D eigenvalue weighted by Crippen LogP contribution is -2.63. The highest BCUT2D eigenvalue weighted by Gasteiger charge is 2.49. The van der Waals surface area contributed by atoms with Gasteiger partial charge in [-0.25, -0.2) is 13.4 Å². The Morgan fingerprint density at radius 2 is 1.70 bits per heavy atom. The van der Waals surface area contributed by atoms with E-state index >= 15 is 0 Å². The summed E-state index contributed by atoms with van der Waals surface area (Å²) < 4.78 is 29.8. The van der Waals surface area contributed by atoms with Crippen molar-refractivity contribution in [3.05, 3.63) is 37.1 Å². The maximum Gasteiger partial charge on any atom is 0.289 e. The number of pyridine rings is 1. The average Bonchev–Trinajstić information content (AvgIpc) is 3.83. The van der Waals surface area contributed by atoms with Crippen molar-refractivity contribution in [2.24, 2.45) is 28.6 Å². The number of carbonyl (C=O) groups excluding carboxylic acids is 5. The van der Waals surface area contributed by atoms with Gasteiger partial charge >= 0.3 is 0 Å². The van der Waals surface area contributed by atoms with Crippen LogP contribution in [0.3, 0.4) is 0 Å². The zero-order valence-electron chi connectivity index (χ0n) is 32.3. The molecule has 53 heavy (non-hydrogen) atoms. The molecule has 294 valence electrons. The first-order chi connectivity index (χ1) is 24.9. The molecule has 2 aliphatic carbocycles. The van der Waals surface area contributed by atoms with E-state index in [0.29, 0.717) is 32.1 Å². The Kier molecular flexibility index (Phi) is 14.0. The molecule has 3 aliphatic rings. The number of sulfonamides is 1. The van der Waals surface area contributed by atoms with E-state index in [1.165, 1.54) is 23.2 Å². The number of nitrogens with zero attached hydrogens (tertiary/aromatic N) is 2. The minimum atomic E-state index is -4.20. The summed E-state index contributed by atoms with van der Waals surface area (Å²) in [6.45, 7) is 15.4. The number of hydrogen-bond donors (Lipinski definition) is 4. The summed E-state index contributed by atoms with van der Waals surface area (Å²) in [5.74, 6) is -2.93. The molecule has 1 aromatic heterocycles. The molecule has 0 aromatic carbocycles. The predicted octanol–water partition coefficient (Wildman–Crippen LogP) is 3.65. The monoisotopic (exact) mass is 756 g/mol. The van der Waals surface area contributed by atoms with Gasteiger partial charge in [-0.2, -0.15) is 4.72 Å². The van der Waals surface area contributed by atoms with Crippen LogP contribution >= 0.6 is 0 Å². The molecule has 13 nitrogen and oxygen atoms in total. The maximum atomic E-state index is 14.7. The minimum absolute atomic E-state index is 0.112. The molecule has 0 radical (unpaired) electrons. The summed E-state index contributed by atoms with van der Waals surface area (Å²) >= 11 is 0. The van der Waals surface area contributed by atoms with Crippen LogP contribution in [0.4, 0.5) is 0 Å². The SMILES string of the molecule is C=CCNC(=O)C(=O)C(CC1CC1)NC(=O)C1[C@@H](CC(C)C)CCN1C(=O)[C@@H](NC(=O)[C@@H](NS(=O)(=O)c1ccccn1)C1(C)CCCCC1)C(C)(C)C. The normalized spacial score (nSPS) is 22.0. The molecular formula is C39H60N6O7S. The van der Waals surface area contributed by atoms with Crippen molar-refractivity contribution in [2.45, 2.75) is 135 Å². The number of likely N-dealkylation sites (tertiary alicyclic amines) is 1. The third-order valence-corrected chi connectivity index (χ3v) is 12.3. The zero-order valence-corrected chi connectivity index (χ0v) is 33.1. The second kappa shape index (κ2) is 17.7. The van der Waals surface area contributed by atoms with Crippen LogP contribution in [0.1, 0.15) is 106 Å². The molecule has 5 atom stereocenters. The fourth-order valence-electron chi connectivity index (χ4n) is 7.82. The maximum absolute atomic E-state index is 14.7. The van der Waals surface area contributed by atoms with Crippen LogP contribution in [-0.2, 0) is 34.0 Å². The van der Waals surface area contributed by atoms with Gasteiger partial charge in [-0.3, -0.25) is 24.0 Å². The summed E-state index contributed by atoms with van der Waals surface area (Å²) in [5.41, 5.74) is -1.56. The molecule has 1 saturated heterocycles. The highest BCUT2D eigenvalue weighted by Crippen LogP contribution is 2.40. The lowest BCUT2D eigenvalue weighted by Gasteiger charge is -2.42. The van der Waals surface area contributed by atoms with Crippen molar-refractivity contribution < 1.29 is 32.4 Å². The molecule has 2 heterocycles. The Bertz CT molecular complexity index is 1600. The van der Waals surface area contributed by atoms with E-state index in [1.54, 1.807) is 12.1 Å². The molecule has 0 bridgehead atoms. The number of nitrogens with one attached hydrogen (secondary N) is 4. The van der Waals surface area contributed by atoms with Crippen molar-refractivity contribution >= 4 is 39.4 Å². The summed E-state index contributed by atoms with van der Waals surface area (Å²) in [6, 6.07) is 0.237. The van der Waals surface area contributed by atoms with Gasteiger partial charge in [-0.1, -0.05) is 85.8 Å². The molecular weight excluding hydrogens is 697 g/mol. The van der Waals surface area contributed by atoms with Crippen molar-refractivity contribution in [1.82, 2.24) is 30.6 Å². The second-order valence-electron chi connectivity index (χ2n) is 17.0. The van der Waals surface area contributed by atoms with Gasteiger partial charge < -0.3 is 20.9 Å². The molecule has 1 aliphatic heterocycles. The number of amides is 4. The smallest absolute Gasteiger partial charge is 0.289 e.